The van der Waals surface area contributed by atoms with Gasteiger partial charge in [-0.1, -0.05) is 30.3 Å². The summed E-state index contributed by atoms with van der Waals surface area (Å²) < 4.78 is 5.67. The predicted octanol–water partition coefficient (Wildman–Crippen LogP) is 1.72. The monoisotopic (exact) mass is 381 g/mol. The predicted molar refractivity (Wildman–Crippen MR) is 103 cm³/mol. The fraction of sp³-hybridized carbons (Fsp3) is 0.100. The van der Waals surface area contributed by atoms with Gasteiger partial charge in [0.1, 0.15) is 12.4 Å². The van der Waals surface area contributed by atoms with Crippen molar-refractivity contribution >= 4 is 24.0 Å². The number of rotatable bonds is 8. The molecule has 8 nitrogen and oxygen atoms in total. The molecule has 0 aliphatic carbocycles. The maximum absolute atomic E-state index is 11.5. The standard InChI is InChI=1S/C20H19N3O5/c1-2-10-21-18(24)19(25)23-22-12-15-4-3-5-17(11-15)28-13-14-6-8-16(9-7-14)20(26)27/h2-9,11-12H,1,10,13H2,(H,21,24)(H,23,25)(H,26,27)/b22-12-. The Morgan fingerprint density at radius 3 is 2.54 bits per heavy atom. The molecule has 0 spiro atoms. The van der Waals surface area contributed by atoms with Crippen LogP contribution in [0.5, 0.6) is 5.75 Å². The molecule has 0 atom stereocenters. The number of carbonyl (C=O) groups excluding carboxylic acids is 2. The zero-order chi connectivity index (χ0) is 20.4. The van der Waals surface area contributed by atoms with Gasteiger partial charge in [-0.3, -0.25) is 9.59 Å². The summed E-state index contributed by atoms with van der Waals surface area (Å²) in [6.45, 7) is 3.89. The molecule has 8 heteroatoms. The van der Waals surface area contributed by atoms with Crippen LogP contribution in [0.3, 0.4) is 0 Å². The molecule has 2 aromatic carbocycles. The molecule has 28 heavy (non-hydrogen) atoms. The Hall–Kier alpha value is -3.94. The topological polar surface area (TPSA) is 117 Å². The summed E-state index contributed by atoms with van der Waals surface area (Å²) in [7, 11) is 0. The molecular formula is C20H19N3O5. The Morgan fingerprint density at radius 1 is 1.11 bits per heavy atom. The highest BCUT2D eigenvalue weighted by molar-refractivity contribution is 6.35. The third-order valence-electron chi connectivity index (χ3n) is 3.46. The number of amides is 2. The molecule has 2 aromatic rings. The van der Waals surface area contributed by atoms with Crippen LogP contribution in [0.2, 0.25) is 0 Å². The van der Waals surface area contributed by atoms with Crippen LogP contribution in [-0.4, -0.2) is 35.6 Å². The summed E-state index contributed by atoms with van der Waals surface area (Å²) >= 11 is 0. The van der Waals surface area contributed by atoms with E-state index in [1.165, 1.54) is 24.4 Å². The number of ether oxygens (including phenoxy) is 1. The Balaban J connectivity index is 1.89. The van der Waals surface area contributed by atoms with Crippen LogP contribution in [0.25, 0.3) is 0 Å². The van der Waals surface area contributed by atoms with Crippen molar-refractivity contribution < 1.29 is 24.2 Å². The molecule has 0 heterocycles. The first-order chi connectivity index (χ1) is 13.5. The molecule has 0 aliphatic heterocycles. The number of aromatic carboxylic acids is 1. The zero-order valence-electron chi connectivity index (χ0n) is 14.9. The molecular weight excluding hydrogens is 362 g/mol. The third-order valence-corrected chi connectivity index (χ3v) is 3.46. The van der Waals surface area contributed by atoms with E-state index in [-0.39, 0.29) is 18.7 Å². The minimum atomic E-state index is -0.982. The number of nitrogens with zero attached hydrogens (tertiary/aromatic N) is 1. The first-order valence-corrected chi connectivity index (χ1v) is 8.27. The quantitative estimate of drug-likeness (QED) is 0.279. The third kappa shape index (κ3) is 6.41. The molecule has 2 rings (SSSR count). The van der Waals surface area contributed by atoms with Gasteiger partial charge in [0.05, 0.1) is 11.8 Å². The van der Waals surface area contributed by atoms with E-state index in [1.54, 1.807) is 36.4 Å². The molecule has 0 aromatic heterocycles. The smallest absolute Gasteiger partial charge is 0.335 e. The molecule has 0 aliphatic rings. The highest BCUT2D eigenvalue weighted by Crippen LogP contribution is 2.14. The van der Waals surface area contributed by atoms with Gasteiger partial charge in [-0.2, -0.15) is 5.10 Å². The van der Waals surface area contributed by atoms with E-state index in [4.69, 9.17) is 9.84 Å². The minimum Gasteiger partial charge on any atom is -0.489 e. The van der Waals surface area contributed by atoms with Gasteiger partial charge in [0, 0.05) is 6.54 Å². The maximum Gasteiger partial charge on any atom is 0.335 e. The second kappa shape index (κ2) is 10.3. The van der Waals surface area contributed by atoms with Crippen molar-refractivity contribution in [1.82, 2.24) is 10.7 Å². The normalized spacial score (nSPS) is 10.3. The summed E-state index contributed by atoms with van der Waals surface area (Å²) in [6, 6.07) is 13.4. The van der Waals surface area contributed by atoms with Crippen molar-refractivity contribution in [2.45, 2.75) is 6.61 Å². The molecule has 0 fully saturated rings. The van der Waals surface area contributed by atoms with Crippen molar-refractivity contribution in [3.63, 3.8) is 0 Å². The van der Waals surface area contributed by atoms with Gasteiger partial charge in [-0.15, -0.1) is 6.58 Å². The lowest BCUT2D eigenvalue weighted by atomic mass is 10.1. The second-order valence-corrected chi connectivity index (χ2v) is 5.56. The van der Waals surface area contributed by atoms with Gasteiger partial charge >= 0.3 is 17.8 Å². The molecule has 0 unspecified atom stereocenters. The van der Waals surface area contributed by atoms with Crippen molar-refractivity contribution in [1.29, 1.82) is 0 Å². The van der Waals surface area contributed by atoms with Crippen LogP contribution in [0.15, 0.2) is 66.3 Å². The second-order valence-electron chi connectivity index (χ2n) is 5.56. The molecule has 144 valence electrons. The minimum absolute atomic E-state index is 0.189. The first kappa shape index (κ1) is 20.4. The largest absolute Gasteiger partial charge is 0.489 e. The van der Waals surface area contributed by atoms with Gasteiger partial charge < -0.3 is 15.2 Å². The molecule has 3 N–H and O–H groups in total. The lowest BCUT2D eigenvalue weighted by Crippen LogP contribution is -2.37. The number of carboxylic acids is 1. The number of hydrazone groups is 1. The molecule has 0 bridgehead atoms. The Labute approximate surface area is 161 Å². The highest BCUT2D eigenvalue weighted by atomic mass is 16.5. The first-order valence-electron chi connectivity index (χ1n) is 8.27. The average Bonchev–Trinajstić information content (AvgIpc) is 2.71. The number of hydrogen-bond acceptors (Lipinski definition) is 5. The van der Waals surface area contributed by atoms with Gasteiger partial charge in [0.25, 0.3) is 0 Å². The van der Waals surface area contributed by atoms with Gasteiger partial charge in [0.2, 0.25) is 0 Å². The van der Waals surface area contributed by atoms with E-state index in [0.29, 0.717) is 11.3 Å². The number of benzene rings is 2. The molecule has 0 saturated carbocycles. The number of nitrogens with one attached hydrogen (secondary N) is 2. The molecule has 2 amide bonds. The fourth-order valence-electron chi connectivity index (χ4n) is 2.06. The molecule has 0 radical (unpaired) electrons. The van der Waals surface area contributed by atoms with E-state index in [2.05, 4.69) is 22.4 Å². The summed E-state index contributed by atoms with van der Waals surface area (Å²) in [5.41, 5.74) is 3.82. The lowest BCUT2D eigenvalue weighted by Gasteiger charge is -2.07. The van der Waals surface area contributed by atoms with Crippen LogP contribution in [0.1, 0.15) is 21.5 Å². The van der Waals surface area contributed by atoms with Gasteiger partial charge in [-0.05, 0) is 35.4 Å². The lowest BCUT2D eigenvalue weighted by molar-refractivity contribution is -0.139. The van der Waals surface area contributed by atoms with E-state index in [0.717, 1.165) is 5.56 Å². The van der Waals surface area contributed by atoms with E-state index in [9.17, 15) is 14.4 Å². The van der Waals surface area contributed by atoms with Crippen LogP contribution in [-0.2, 0) is 16.2 Å². The highest BCUT2D eigenvalue weighted by Gasteiger charge is 2.10. The average molecular weight is 381 g/mol. The van der Waals surface area contributed by atoms with Crippen LogP contribution >= 0.6 is 0 Å². The van der Waals surface area contributed by atoms with E-state index in [1.807, 2.05) is 0 Å². The molecule has 0 saturated heterocycles. The summed E-state index contributed by atoms with van der Waals surface area (Å²) in [5, 5.41) is 15.0. The van der Waals surface area contributed by atoms with E-state index >= 15 is 0 Å². The van der Waals surface area contributed by atoms with Crippen LogP contribution in [0, 0.1) is 0 Å². The Kier molecular flexibility index (Phi) is 7.47. The van der Waals surface area contributed by atoms with Crippen LogP contribution < -0.4 is 15.5 Å². The van der Waals surface area contributed by atoms with E-state index < -0.39 is 17.8 Å². The van der Waals surface area contributed by atoms with Crippen molar-refractivity contribution in [3.05, 3.63) is 77.9 Å². The maximum atomic E-state index is 11.5. The van der Waals surface area contributed by atoms with Crippen molar-refractivity contribution in [2.75, 3.05) is 6.54 Å². The fourth-order valence-corrected chi connectivity index (χ4v) is 2.06. The van der Waals surface area contributed by atoms with Crippen LogP contribution in [0.4, 0.5) is 0 Å². The number of hydrogen-bond donors (Lipinski definition) is 3. The Morgan fingerprint density at radius 2 is 1.86 bits per heavy atom. The van der Waals surface area contributed by atoms with Gasteiger partial charge in [0.15, 0.2) is 0 Å². The Bertz CT molecular complexity index is 891. The van der Waals surface area contributed by atoms with Gasteiger partial charge in [-0.25, -0.2) is 10.2 Å². The number of carboxylic acid groups (broad SMARTS) is 1. The summed E-state index contributed by atoms with van der Waals surface area (Å²) in [6.07, 6.45) is 2.84. The van der Waals surface area contributed by atoms with Crippen molar-refractivity contribution in [3.8, 4) is 5.75 Å². The SMILES string of the molecule is C=CCNC(=O)C(=O)N/N=C\c1cccc(OCc2ccc(C(=O)O)cc2)c1. The zero-order valence-corrected chi connectivity index (χ0v) is 14.9. The summed E-state index contributed by atoms with van der Waals surface area (Å²) in [4.78, 5) is 33.7. The summed E-state index contributed by atoms with van der Waals surface area (Å²) in [5.74, 6) is -2.09. The van der Waals surface area contributed by atoms with Crippen molar-refractivity contribution in [2.24, 2.45) is 5.10 Å². The number of carbonyl (C=O) groups is 3.